The van der Waals surface area contributed by atoms with E-state index >= 15 is 0 Å². The second-order valence-electron chi connectivity index (χ2n) is 6.85. The highest BCUT2D eigenvalue weighted by Crippen LogP contribution is 2.40. The molecule has 0 N–H and O–H groups in total. The van der Waals surface area contributed by atoms with Crippen LogP contribution in [0.2, 0.25) is 5.02 Å². The van der Waals surface area contributed by atoms with Gasteiger partial charge in [-0.1, -0.05) is 17.7 Å². The molecule has 9 heteroatoms. The van der Waals surface area contributed by atoms with E-state index in [0.29, 0.717) is 36.0 Å². The molecule has 1 aliphatic rings. The van der Waals surface area contributed by atoms with Crippen molar-refractivity contribution in [3.63, 3.8) is 0 Å². The third kappa shape index (κ3) is 4.55. The Balaban J connectivity index is 1.57. The van der Waals surface area contributed by atoms with E-state index in [1.165, 1.54) is 18.3 Å². The molecule has 0 amide bonds. The van der Waals surface area contributed by atoms with Crippen molar-refractivity contribution in [3.05, 3.63) is 58.9 Å². The van der Waals surface area contributed by atoms with E-state index in [0.717, 1.165) is 12.1 Å². The monoisotopic (exact) mass is 431 g/mol. The Bertz CT molecular complexity index is 969. The number of aromatic nitrogens is 1. The number of benzene rings is 1. The average molecular weight is 432 g/mol. The Morgan fingerprint density at radius 3 is 2.50 bits per heavy atom. The first-order valence-corrected chi connectivity index (χ1v) is 10.6. The molecule has 1 aromatic heterocycles. The lowest BCUT2D eigenvalue weighted by molar-refractivity contribution is -0.137. The lowest BCUT2D eigenvalue weighted by atomic mass is 9.81. The average Bonchev–Trinajstić information content (AvgIpc) is 2.60. The fraction of sp³-hybridized carbons (Fsp3) is 0.368. The summed E-state index contributed by atoms with van der Waals surface area (Å²) in [7, 11) is -3.83. The number of pyridine rings is 1. The molecular formula is C19H17ClF3NO3S. The minimum Gasteiger partial charge on any atom is -0.292 e. The van der Waals surface area contributed by atoms with Gasteiger partial charge in [-0.2, -0.15) is 13.2 Å². The topological polar surface area (TPSA) is 64.1 Å². The van der Waals surface area contributed by atoms with Crippen LogP contribution in [0.3, 0.4) is 0 Å². The number of ketones is 1. The summed E-state index contributed by atoms with van der Waals surface area (Å²) in [6.07, 6.45) is -1.80. The van der Waals surface area contributed by atoms with Crippen LogP contribution in [0, 0.1) is 5.92 Å². The highest BCUT2D eigenvalue weighted by Gasteiger charge is 2.40. The molecular weight excluding hydrogens is 415 g/mol. The number of hydrogen-bond donors (Lipinski definition) is 0. The van der Waals surface area contributed by atoms with Gasteiger partial charge in [0.1, 0.15) is 5.69 Å². The molecule has 0 radical (unpaired) electrons. The van der Waals surface area contributed by atoms with Crippen molar-refractivity contribution >= 4 is 27.2 Å². The van der Waals surface area contributed by atoms with Crippen molar-refractivity contribution in [3.8, 4) is 0 Å². The van der Waals surface area contributed by atoms with E-state index in [-0.39, 0.29) is 23.0 Å². The molecule has 1 aliphatic carbocycles. The van der Waals surface area contributed by atoms with Crippen molar-refractivity contribution in [1.82, 2.24) is 4.98 Å². The number of sulfone groups is 1. The van der Waals surface area contributed by atoms with Gasteiger partial charge < -0.3 is 0 Å². The van der Waals surface area contributed by atoms with E-state index in [2.05, 4.69) is 4.98 Å². The summed E-state index contributed by atoms with van der Waals surface area (Å²) in [5.41, 5.74) is -0.678. The molecule has 0 bridgehead atoms. The summed E-state index contributed by atoms with van der Waals surface area (Å²) >= 11 is 5.73. The van der Waals surface area contributed by atoms with Crippen LogP contribution >= 0.6 is 11.6 Å². The molecule has 1 aromatic carbocycles. The summed E-state index contributed by atoms with van der Waals surface area (Å²) in [6.45, 7) is 0. The Morgan fingerprint density at radius 2 is 1.89 bits per heavy atom. The second-order valence-corrected chi connectivity index (χ2v) is 9.52. The van der Waals surface area contributed by atoms with Gasteiger partial charge in [0.25, 0.3) is 0 Å². The molecule has 150 valence electrons. The maximum absolute atomic E-state index is 12.8. The highest BCUT2D eigenvalue weighted by atomic mass is 35.5. The van der Waals surface area contributed by atoms with Crippen molar-refractivity contribution in [2.75, 3.05) is 0 Å². The van der Waals surface area contributed by atoms with Crippen LogP contribution in [0.25, 0.3) is 0 Å². The van der Waals surface area contributed by atoms with Crippen molar-refractivity contribution in [1.29, 1.82) is 0 Å². The minimum absolute atomic E-state index is 0.0434. The van der Waals surface area contributed by atoms with Crippen molar-refractivity contribution < 1.29 is 26.4 Å². The standard InChI is InChI=1S/C19H17ClF3NO3S/c20-14-5-6-17(24-11-14)18(25)7-4-12-8-16(9-12)28(26,27)15-3-1-2-13(10-15)19(21,22)23/h1-3,5-6,10-12,16H,4,7-9H2. The lowest BCUT2D eigenvalue weighted by Gasteiger charge is -2.34. The summed E-state index contributed by atoms with van der Waals surface area (Å²) < 4.78 is 63.6. The summed E-state index contributed by atoms with van der Waals surface area (Å²) in [4.78, 5) is 15.7. The number of rotatable bonds is 6. The zero-order valence-electron chi connectivity index (χ0n) is 14.6. The number of carbonyl (C=O) groups is 1. The smallest absolute Gasteiger partial charge is 0.292 e. The minimum atomic E-state index is -4.59. The van der Waals surface area contributed by atoms with Gasteiger partial charge in [-0.25, -0.2) is 8.42 Å². The Labute approximate surface area is 165 Å². The first-order valence-electron chi connectivity index (χ1n) is 8.63. The number of Topliss-reactive ketones (excluding diaryl/α,β-unsaturated/α-hetero) is 1. The van der Waals surface area contributed by atoms with Crippen molar-refractivity contribution in [2.24, 2.45) is 5.92 Å². The fourth-order valence-electron chi connectivity index (χ4n) is 3.21. The summed E-state index contributed by atoms with van der Waals surface area (Å²) in [5.74, 6) is -0.109. The molecule has 0 spiro atoms. The van der Waals surface area contributed by atoms with Crippen LogP contribution in [0.4, 0.5) is 13.2 Å². The Morgan fingerprint density at radius 1 is 1.18 bits per heavy atom. The van der Waals surface area contributed by atoms with E-state index in [4.69, 9.17) is 11.6 Å². The lowest BCUT2D eigenvalue weighted by Crippen LogP contribution is -2.36. The van der Waals surface area contributed by atoms with Gasteiger partial charge in [-0.15, -0.1) is 0 Å². The first kappa shape index (κ1) is 20.8. The number of halogens is 4. The van der Waals surface area contributed by atoms with E-state index in [1.54, 1.807) is 6.07 Å². The molecule has 1 fully saturated rings. The maximum atomic E-state index is 12.8. The molecule has 2 aromatic rings. The fourth-order valence-corrected chi connectivity index (χ4v) is 5.32. The van der Waals surface area contributed by atoms with Gasteiger partial charge in [0, 0.05) is 12.6 Å². The number of nitrogens with zero attached hydrogens (tertiary/aromatic N) is 1. The second kappa shape index (κ2) is 7.83. The SMILES string of the molecule is O=C(CCC1CC(S(=O)(=O)c2cccc(C(F)(F)F)c2)C1)c1ccc(Cl)cn1. The maximum Gasteiger partial charge on any atom is 0.416 e. The quantitative estimate of drug-likeness (QED) is 0.606. The zero-order valence-corrected chi connectivity index (χ0v) is 16.2. The third-order valence-electron chi connectivity index (χ3n) is 4.91. The van der Waals surface area contributed by atoms with Gasteiger partial charge >= 0.3 is 6.18 Å². The van der Waals surface area contributed by atoms with Gasteiger partial charge in [0.2, 0.25) is 0 Å². The van der Waals surface area contributed by atoms with Crippen LogP contribution < -0.4 is 0 Å². The molecule has 0 atom stereocenters. The molecule has 3 rings (SSSR count). The third-order valence-corrected chi connectivity index (χ3v) is 7.31. The van der Waals surface area contributed by atoms with Crippen LogP contribution in [-0.4, -0.2) is 24.4 Å². The normalized spacial score (nSPS) is 19.9. The van der Waals surface area contributed by atoms with Crippen LogP contribution in [-0.2, 0) is 16.0 Å². The summed E-state index contributed by atoms with van der Waals surface area (Å²) in [5, 5.41) is -0.289. The molecule has 0 aliphatic heterocycles. The molecule has 0 saturated heterocycles. The number of hydrogen-bond acceptors (Lipinski definition) is 4. The Hall–Kier alpha value is -1.93. The number of alkyl halides is 3. The predicted molar refractivity (Wildman–Crippen MR) is 98.0 cm³/mol. The highest BCUT2D eigenvalue weighted by molar-refractivity contribution is 7.92. The van der Waals surface area contributed by atoms with Gasteiger partial charge in [-0.05, 0) is 55.5 Å². The van der Waals surface area contributed by atoms with E-state index in [1.807, 2.05) is 0 Å². The largest absolute Gasteiger partial charge is 0.416 e. The first-order chi connectivity index (χ1) is 13.1. The molecule has 0 unspecified atom stereocenters. The van der Waals surface area contributed by atoms with Crippen LogP contribution in [0.15, 0.2) is 47.5 Å². The number of carbonyl (C=O) groups excluding carboxylic acids is 1. The van der Waals surface area contributed by atoms with E-state index in [9.17, 15) is 26.4 Å². The van der Waals surface area contributed by atoms with Crippen LogP contribution in [0.5, 0.6) is 0 Å². The van der Waals surface area contributed by atoms with Gasteiger partial charge in [-0.3, -0.25) is 9.78 Å². The van der Waals surface area contributed by atoms with Gasteiger partial charge in [0.05, 0.1) is 20.7 Å². The molecule has 4 nitrogen and oxygen atoms in total. The molecule has 1 saturated carbocycles. The Kier molecular flexibility index (Phi) is 5.82. The van der Waals surface area contributed by atoms with Crippen molar-refractivity contribution in [2.45, 2.75) is 42.0 Å². The van der Waals surface area contributed by atoms with Gasteiger partial charge in [0.15, 0.2) is 15.6 Å². The molecule has 28 heavy (non-hydrogen) atoms. The zero-order chi connectivity index (χ0) is 20.5. The molecule has 1 heterocycles. The van der Waals surface area contributed by atoms with E-state index < -0.39 is 26.8 Å². The summed E-state index contributed by atoms with van der Waals surface area (Å²) in [6, 6.07) is 6.92. The predicted octanol–water partition coefficient (Wildman–Crippen LogP) is 4.97. The van der Waals surface area contributed by atoms with Crippen LogP contribution in [0.1, 0.15) is 41.7 Å².